The van der Waals surface area contributed by atoms with Gasteiger partial charge >= 0.3 is 0 Å². The van der Waals surface area contributed by atoms with Crippen LogP contribution in [0.25, 0.3) is 0 Å². The van der Waals surface area contributed by atoms with Gasteiger partial charge in [-0.15, -0.1) is 0 Å². The first-order valence-corrected chi connectivity index (χ1v) is 11.2. The molecule has 0 radical (unpaired) electrons. The Hall–Kier alpha value is -1.83. The molecule has 3 N–H and O–H groups in total. The number of hydrogen-bond acceptors (Lipinski definition) is 4. The van der Waals surface area contributed by atoms with Gasteiger partial charge in [-0.3, -0.25) is 14.7 Å². The molecule has 0 aliphatic carbocycles. The highest BCUT2D eigenvalue weighted by Crippen LogP contribution is 2.38. The Morgan fingerprint density at radius 2 is 1.97 bits per heavy atom. The Kier molecular flexibility index (Phi) is 8.36. The second kappa shape index (κ2) is 11.0. The lowest BCUT2D eigenvalue weighted by molar-refractivity contribution is -0.122. The number of amides is 1. The van der Waals surface area contributed by atoms with E-state index in [1.165, 1.54) is 5.56 Å². The Morgan fingerprint density at radius 3 is 2.60 bits per heavy atom. The number of carbonyl (C=O) groups is 1. The Bertz CT molecular complexity index is 728. The lowest BCUT2D eigenvalue weighted by atomic mass is 9.74. The van der Waals surface area contributed by atoms with Crippen molar-refractivity contribution in [2.45, 2.75) is 37.1 Å². The van der Waals surface area contributed by atoms with Gasteiger partial charge < -0.3 is 20.7 Å². The zero-order valence-electron chi connectivity index (χ0n) is 18.0. The summed E-state index contributed by atoms with van der Waals surface area (Å²) in [7, 11) is 3.49. The number of ether oxygens (including phenoxy) is 1. The Morgan fingerprint density at radius 1 is 1.27 bits per heavy atom. The van der Waals surface area contributed by atoms with Gasteiger partial charge in [0.15, 0.2) is 5.96 Å². The third kappa shape index (κ3) is 5.86. The molecule has 2 aliphatic rings. The molecule has 0 unspecified atom stereocenters. The predicted octanol–water partition coefficient (Wildman–Crippen LogP) is 1.76. The van der Waals surface area contributed by atoms with Crippen molar-refractivity contribution in [1.82, 2.24) is 20.9 Å². The number of halogens is 1. The zero-order chi connectivity index (χ0) is 21.4. The average molecular weight is 436 g/mol. The number of nitrogens with one attached hydrogen (secondary N) is 3. The summed E-state index contributed by atoms with van der Waals surface area (Å²) in [6.45, 7) is 4.52. The molecule has 1 aromatic carbocycles. The summed E-state index contributed by atoms with van der Waals surface area (Å²) >= 11 is 6.56. The fourth-order valence-corrected chi connectivity index (χ4v) is 4.69. The standard InChI is InChI=1S/C22H34ClN5O2/c1-24-20(29)15-28-11-7-17(8-12-28)27-21(25-2)26-16-22(9-13-30-14-10-22)18-5-3-4-6-19(18)23/h3-6,17H,7-16H2,1-2H3,(H,24,29)(H2,25,26,27). The van der Waals surface area contributed by atoms with Gasteiger partial charge in [-0.1, -0.05) is 29.8 Å². The minimum absolute atomic E-state index is 0.0644. The molecule has 0 atom stereocenters. The van der Waals surface area contributed by atoms with Gasteiger partial charge in [-0.25, -0.2) is 0 Å². The highest BCUT2D eigenvalue weighted by Gasteiger charge is 2.36. The van der Waals surface area contributed by atoms with Crippen LogP contribution in [0.1, 0.15) is 31.2 Å². The van der Waals surface area contributed by atoms with Crippen molar-refractivity contribution in [2.75, 3.05) is 53.5 Å². The van der Waals surface area contributed by atoms with Crippen molar-refractivity contribution >= 4 is 23.5 Å². The van der Waals surface area contributed by atoms with E-state index >= 15 is 0 Å². The van der Waals surface area contributed by atoms with Crippen LogP contribution in [0.3, 0.4) is 0 Å². The summed E-state index contributed by atoms with van der Waals surface area (Å²) in [5.74, 6) is 0.887. The number of piperidine rings is 1. The van der Waals surface area contributed by atoms with Crippen LogP contribution in [0.15, 0.2) is 29.3 Å². The molecule has 0 spiro atoms. The van der Waals surface area contributed by atoms with E-state index in [-0.39, 0.29) is 11.3 Å². The maximum absolute atomic E-state index is 11.6. The summed E-state index contributed by atoms with van der Waals surface area (Å²) in [5.41, 5.74) is 1.12. The Labute approximate surface area is 184 Å². The van der Waals surface area contributed by atoms with Crippen LogP contribution in [0.4, 0.5) is 0 Å². The van der Waals surface area contributed by atoms with E-state index in [2.05, 4.69) is 38.0 Å². The van der Waals surface area contributed by atoms with Crippen molar-refractivity contribution in [2.24, 2.45) is 4.99 Å². The monoisotopic (exact) mass is 435 g/mol. The van der Waals surface area contributed by atoms with Crippen molar-refractivity contribution in [3.8, 4) is 0 Å². The maximum atomic E-state index is 11.6. The number of likely N-dealkylation sites (tertiary alicyclic amines) is 1. The van der Waals surface area contributed by atoms with E-state index < -0.39 is 0 Å². The molecule has 7 nitrogen and oxygen atoms in total. The lowest BCUT2D eigenvalue weighted by Gasteiger charge is -2.39. The van der Waals surface area contributed by atoms with Crippen molar-refractivity contribution in [3.05, 3.63) is 34.9 Å². The number of carbonyl (C=O) groups excluding carboxylic acids is 1. The van der Waals surface area contributed by atoms with E-state index in [4.69, 9.17) is 16.3 Å². The zero-order valence-corrected chi connectivity index (χ0v) is 18.8. The topological polar surface area (TPSA) is 78.0 Å². The Balaban J connectivity index is 1.56. The fraction of sp³-hybridized carbons (Fsp3) is 0.636. The molecular weight excluding hydrogens is 402 g/mol. The number of nitrogens with zero attached hydrogens (tertiary/aromatic N) is 2. The molecule has 1 aromatic rings. The van der Waals surface area contributed by atoms with Gasteiger partial charge in [-0.05, 0) is 37.3 Å². The van der Waals surface area contributed by atoms with E-state index in [0.29, 0.717) is 12.6 Å². The quantitative estimate of drug-likeness (QED) is 0.469. The number of rotatable bonds is 6. The third-order valence-corrected chi connectivity index (χ3v) is 6.62. The van der Waals surface area contributed by atoms with Crippen LogP contribution in [0.5, 0.6) is 0 Å². The van der Waals surface area contributed by atoms with Crippen LogP contribution in [-0.2, 0) is 14.9 Å². The van der Waals surface area contributed by atoms with E-state index in [1.807, 2.05) is 19.2 Å². The summed E-state index contributed by atoms with van der Waals surface area (Å²) < 4.78 is 5.64. The average Bonchev–Trinajstić information content (AvgIpc) is 2.78. The molecule has 3 rings (SSSR count). The molecule has 166 valence electrons. The van der Waals surface area contributed by atoms with Gasteiger partial charge in [-0.2, -0.15) is 0 Å². The van der Waals surface area contributed by atoms with Crippen LogP contribution in [-0.4, -0.2) is 76.3 Å². The van der Waals surface area contributed by atoms with Crippen LogP contribution in [0.2, 0.25) is 5.02 Å². The first-order chi connectivity index (χ1) is 14.6. The van der Waals surface area contributed by atoms with Crippen molar-refractivity contribution in [1.29, 1.82) is 0 Å². The third-order valence-electron chi connectivity index (χ3n) is 6.29. The number of likely N-dealkylation sites (N-methyl/N-ethyl adjacent to an activating group) is 1. The molecule has 2 heterocycles. The largest absolute Gasteiger partial charge is 0.381 e. The van der Waals surface area contributed by atoms with Gasteiger partial charge in [0.2, 0.25) is 5.91 Å². The molecule has 2 saturated heterocycles. The molecule has 0 aromatic heterocycles. The summed E-state index contributed by atoms with van der Waals surface area (Å²) in [4.78, 5) is 18.2. The minimum Gasteiger partial charge on any atom is -0.381 e. The van der Waals surface area contributed by atoms with Gasteiger partial charge in [0, 0.05) is 63.4 Å². The smallest absolute Gasteiger partial charge is 0.233 e. The lowest BCUT2D eigenvalue weighted by Crippen LogP contribution is -2.52. The number of aliphatic imine (C=N–C) groups is 1. The molecule has 2 aliphatic heterocycles. The summed E-state index contributed by atoms with van der Waals surface area (Å²) in [6, 6.07) is 8.48. The van der Waals surface area contributed by atoms with Crippen LogP contribution < -0.4 is 16.0 Å². The van der Waals surface area contributed by atoms with Crippen molar-refractivity contribution < 1.29 is 9.53 Å². The van der Waals surface area contributed by atoms with Crippen molar-refractivity contribution in [3.63, 3.8) is 0 Å². The first kappa shape index (κ1) is 22.8. The molecule has 2 fully saturated rings. The molecule has 0 saturated carbocycles. The maximum Gasteiger partial charge on any atom is 0.233 e. The van der Waals surface area contributed by atoms with Gasteiger partial charge in [0.1, 0.15) is 0 Å². The summed E-state index contributed by atoms with van der Waals surface area (Å²) in [5, 5.41) is 10.6. The number of hydrogen-bond donors (Lipinski definition) is 3. The SMILES string of the molecule is CN=C(NCC1(c2ccccc2Cl)CCOCC1)NC1CCN(CC(=O)NC)CC1. The molecule has 0 bridgehead atoms. The van der Waals surface area contributed by atoms with Gasteiger partial charge in [0.05, 0.1) is 6.54 Å². The molecule has 8 heteroatoms. The predicted molar refractivity (Wildman–Crippen MR) is 121 cm³/mol. The second-order valence-electron chi connectivity index (χ2n) is 8.17. The fourth-order valence-electron chi connectivity index (χ4n) is 4.35. The van der Waals surface area contributed by atoms with E-state index in [9.17, 15) is 4.79 Å². The second-order valence-corrected chi connectivity index (χ2v) is 8.57. The van der Waals surface area contributed by atoms with Crippen LogP contribution >= 0.6 is 11.6 Å². The summed E-state index contributed by atoms with van der Waals surface area (Å²) in [6.07, 6.45) is 3.83. The number of guanidine groups is 1. The highest BCUT2D eigenvalue weighted by atomic mass is 35.5. The highest BCUT2D eigenvalue weighted by molar-refractivity contribution is 6.31. The first-order valence-electron chi connectivity index (χ1n) is 10.8. The molecule has 30 heavy (non-hydrogen) atoms. The minimum atomic E-state index is -0.0644. The normalized spacial score (nSPS) is 20.6. The molecule has 1 amide bonds. The van der Waals surface area contributed by atoms with E-state index in [0.717, 1.165) is 69.5 Å². The molecular formula is C22H34ClN5O2. The van der Waals surface area contributed by atoms with E-state index in [1.54, 1.807) is 7.05 Å². The number of benzene rings is 1. The van der Waals surface area contributed by atoms with Crippen LogP contribution in [0, 0.1) is 0 Å². The van der Waals surface area contributed by atoms with Gasteiger partial charge in [0.25, 0.3) is 0 Å².